The first-order chi connectivity index (χ1) is 13.5. The van der Waals surface area contributed by atoms with Gasteiger partial charge in [0.25, 0.3) is 5.91 Å². The molecule has 8 heteroatoms. The zero-order valence-corrected chi connectivity index (χ0v) is 15.6. The number of nitrogens with one attached hydrogen (secondary N) is 2. The minimum atomic E-state index is -1.15. The molecule has 2 aromatic carbocycles. The number of unbranched alkanes of at least 4 members (excludes halogenated alkanes) is 1. The van der Waals surface area contributed by atoms with E-state index in [0.717, 1.165) is 18.1 Å². The molecule has 0 unspecified atom stereocenters. The summed E-state index contributed by atoms with van der Waals surface area (Å²) in [6.45, 7) is 2.83. The van der Waals surface area contributed by atoms with Crippen molar-refractivity contribution >= 4 is 17.3 Å². The number of amides is 1. The minimum Gasteiger partial charge on any atom is -0.396 e. The Balaban J connectivity index is 1.95. The van der Waals surface area contributed by atoms with Crippen molar-refractivity contribution in [3.05, 3.63) is 59.2 Å². The third-order valence-corrected chi connectivity index (χ3v) is 3.85. The summed E-state index contributed by atoms with van der Waals surface area (Å²) < 4.78 is 33.2. The molecule has 0 fully saturated rings. The normalized spacial score (nSPS) is 10.7. The molecule has 0 aliphatic heterocycles. The highest BCUT2D eigenvalue weighted by Crippen LogP contribution is 2.26. The summed E-state index contributed by atoms with van der Waals surface area (Å²) in [7, 11) is 0. The van der Waals surface area contributed by atoms with Crippen LogP contribution in [-0.2, 0) is 9.57 Å². The number of aliphatic hydroxyl groups is 1. The number of rotatable bonds is 11. The molecule has 0 spiro atoms. The van der Waals surface area contributed by atoms with E-state index in [2.05, 4.69) is 10.8 Å². The van der Waals surface area contributed by atoms with Crippen molar-refractivity contribution < 1.29 is 28.3 Å². The third-order valence-electron chi connectivity index (χ3n) is 3.85. The third kappa shape index (κ3) is 6.56. The summed E-state index contributed by atoms with van der Waals surface area (Å²) in [6, 6.07) is 9.08. The van der Waals surface area contributed by atoms with Gasteiger partial charge in [0.2, 0.25) is 0 Å². The molecule has 0 heterocycles. The van der Waals surface area contributed by atoms with Gasteiger partial charge >= 0.3 is 0 Å². The average molecular weight is 394 g/mol. The van der Waals surface area contributed by atoms with Gasteiger partial charge in [-0.05, 0) is 44.0 Å². The van der Waals surface area contributed by atoms with Crippen LogP contribution >= 0.6 is 0 Å². The lowest BCUT2D eigenvalue weighted by molar-refractivity contribution is -0.00137. The summed E-state index contributed by atoms with van der Waals surface area (Å²) in [5, 5.41) is 11.4. The summed E-state index contributed by atoms with van der Waals surface area (Å²) in [5.74, 6) is -2.93. The van der Waals surface area contributed by atoms with Crippen LogP contribution in [0, 0.1) is 18.6 Å². The highest BCUT2D eigenvalue weighted by Gasteiger charge is 2.19. The first-order valence-electron chi connectivity index (χ1n) is 8.95. The van der Waals surface area contributed by atoms with Gasteiger partial charge in [-0.15, -0.1) is 0 Å². The predicted molar refractivity (Wildman–Crippen MR) is 101 cm³/mol. The SMILES string of the molecule is Cc1ccc(Nc2c(C(=O)NOCCOCCCCO)ccc(F)c2F)cc1. The predicted octanol–water partition coefficient (Wildman–Crippen LogP) is 3.47. The van der Waals surface area contributed by atoms with Crippen LogP contribution in [0.25, 0.3) is 0 Å². The van der Waals surface area contributed by atoms with Crippen molar-refractivity contribution in [2.45, 2.75) is 19.8 Å². The number of hydrogen-bond acceptors (Lipinski definition) is 5. The van der Waals surface area contributed by atoms with Crippen molar-refractivity contribution in [1.29, 1.82) is 0 Å². The average Bonchev–Trinajstić information content (AvgIpc) is 2.69. The second-order valence-electron chi connectivity index (χ2n) is 6.10. The number of anilines is 2. The van der Waals surface area contributed by atoms with Gasteiger partial charge in [-0.25, -0.2) is 14.3 Å². The maximum atomic E-state index is 14.3. The molecule has 0 aliphatic rings. The van der Waals surface area contributed by atoms with Crippen LogP contribution in [-0.4, -0.2) is 37.4 Å². The largest absolute Gasteiger partial charge is 0.396 e. The second-order valence-corrected chi connectivity index (χ2v) is 6.10. The zero-order chi connectivity index (χ0) is 20.4. The summed E-state index contributed by atoms with van der Waals surface area (Å²) in [6.07, 6.45) is 1.39. The Bertz CT molecular complexity index is 770. The molecule has 0 aliphatic carbocycles. The molecule has 0 bridgehead atoms. The van der Waals surface area contributed by atoms with Crippen molar-refractivity contribution in [2.24, 2.45) is 0 Å². The summed E-state index contributed by atoms with van der Waals surface area (Å²) in [5.41, 5.74) is 3.35. The number of hydrogen-bond donors (Lipinski definition) is 3. The molecule has 0 radical (unpaired) electrons. The van der Waals surface area contributed by atoms with Crippen LogP contribution in [0.5, 0.6) is 0 Å². The fraction of sp³-hybridized carbons (Fsp3) is 0.350. The van der Waals surface area contributed by atoms with Gasteiger partial charge < -0.3 is 15.2 Å². The lowest BCUT2D eigenvalue weighted by Gasteiger charge is -2.14. The van der Waals surface area contributed by atoms with E-state index in [1.165, 1.54) is 6.07 Å². The highest BCUT2D eigenvalue weighted by molar-refractivity contribution is 5.99. The van der Waals surface area contributed by atoms with Crippen molar-refractivity contribution in [2.75, 3.05) is 31.7 Å². The Morgan fingerprint density at radius 1 is 1.04 bits per heavy atom. The number of carbonyl (C=O) groups excluding carboxylic acids is 1. The van der Waals surface area contributed by atoms with Crippen LogP contribution in [0.3, 0.4) is 0 Å². The maximum absolute atomic E-state index is 14.3. The summed E-state index contributed by atoms with van der Waals surface area (Å²) >= 11 is 0. The molecule has 6 nitrogen and oxygen atoms in total. The molecule has 2 rings (SSSR count). The van der Waals surface area contributed by atoms with E-state index in [1.54, 1.807) is 12.1 Å². The van der Waals surface area contributed by atoms with E-state index < -0.39 is 17.5 Å². The fourth-order valence-corrected chi connectivity index (χ4v) is 2.33. The molecule has 3 N–H and O–H groups in total. The van der Waals surface area contributed by atoms with Gasteiger partial charge in [0.05, 0.1) is 24.5 Å². The van der Waals surface area contributed by atoms with E-state index in [4.69, 9.17) is 14.7 Å². The summed E-state index contributed by atoms with van der Waals surface area (Å²) in [4.78, 5) is 17.3. The Hall–Kier alpha value is -2.55. The van der Waals surface area contributed by atoms with Gasteiger partial charge in [-0.1, -0.05) is 17.7 Å². The smallest absolute Gasteiger partial charge is 0.277 e. The first kappa shape index (κ1) is 21.7. The topological polar surface area (TPSA) is 79.8 Å². The number of aryl methyl sites for hydroxylation is 1. The molecule has 0 saturated heterocycles. The van der Waals surface area contributed by atoms with Crippen LogP contribution in [0.4, 0.5) is 20.2 Å². The standard InChI is InChI=1S/C20H24F2N2O4/c1-14-4-6-15(7-5-14)23-19-16(8-9-17(21)18(19)22)20(26)24-28-13-12-27-11-3-2-10-25/h4-9,23,25H,2-3,10-13H2,1H3,(H,24,26). The molecular formula is C20H24F2N2O4. The van der Waals surface area contributed by atoms with Gasteiger partial charge in [0.15, 0.2) is 11.6 Å². The van der Waals surface area contributed by atoms with Crippen molar-refractivity contribution in [1.82, 2.24) is 5.48 Å². The van der Waals surface area contributed by atoms with Crippen LogP contribution in [0.2, 0.25) is 0 Å². The highest BCUT2D eigenvalue weighted by atomic mass is 19.2. The minimum absolute atomic E-state index is 0.0925. The van der Waals surface area contributed by atoms with Crippen LogP contribution in [0.1, 0.15) is 28.8 Å². The Labute approximate surface area is 162 Å². The van der Waals surface area contributed by atoms with Crippen molar-refractivity contribution in [3.8, 4) is 0 Å². The zero-order valence-electron chi connectivity index (χ0n) is 15.6. The van der Waals surface area contributed by atoms with Gasteiger partial charge in [-0.3, -0.25) is 9.63 Å². The Morgan fingerprint density at radius 3 is 2.50 bits per heavy atom. The van der Waals surface area contributed by atoms with E-state index in [-0.39, 0.29) is 31.1 Å². The number of hydroxylamine groups is 1. The molecule has 0 atom stereocenters. The van der Waals surface area contributed by atoms with Crippen LogP contribution in [0.15, 0.2) is 36.4 Å². The fourth-order valence-electron chi connectivity index (χ4n) is 2.33. The van der Waals surface area contributed by atoms with E-state index in [1.807, 2.05) is 19.1 Å². The van der Waals surface area contributed by atoms with Crippen molar-refractivity contribution in [3.63, 3.8) is 0 Å². The molecule has 0 saturated carbocycles. The van der Waals surface area contributed by atoms with E-state index in [0.29, 0.717) is 18.7 Å². The maximum Gasteiger partial charge on any atom is 0.277 e. The number of carbonyl (C=O) groups is 1. The quantitative estimate of drug-likeness (QED) is 0.402. The Morgan fingerprint density at radius 2 is 1.79 bits per heavy atom. The molecule has 0 aromatic heterocycles. The molecular weight excluding hydrogens is 370 g/mol. The van der Waals surface area contributed by atoms with Gasteiger partial charge in [0, 0.05) is 18.9 Å². The number of aliphatic hydroxyl groups excluding tert-OH is 1. The monoisotopic (exact) mass is 394 g/mol. The van der Waals surface area contributed by atoms with Gasteiger partial charge in [-0.2, -0.15) is 0 Å². The van der Waals surface area contributed by atoms with Gasteiger partial charge in [0.1, 0.15) is 0 Å². The second kappa shape index (κ2) is 11.3. The van der Waals surface area contributed by atoms with E-state index in [9.17, 15) is 13.6 Å². The number of benzene rings is 2. The lowest BCUT2D eigenvalue weighted by atomic mass is 10.1. The molecule has 1 amide bonds. The van der Waals surface area contributed by atoms with E-state index >= 15 is 0 Å². The van der Waals surface area contributed by atoms with Crippen LogP contribution < -0.4 is 10.8 Å². The molecule has 2 aromatic rings. The lowest BCUT2D eigenvalue weighted by Crippen LogP contribution is -2.26. The number of halogens is 2. The molecule has 152 valence electrons. The Kier molecular flexibility index (Phi) is 8.80. The number of ether oxygens (including phenoxy) is 1. The first-order valence-corrected chi connectivity index (χ1v) is 8.95. The molecule has 28 heavy (non-hydrogen) atoms.